The smallest absolute Gasteiger partial charge is 0.229 e. The van der Waals surface area contributed by atoms with Crippen LogP contribution in [-0.2, 0) is 19.4 Å². The monoisotopic (exact) mass is 571 g/mol. The van der Waals surface area contributed by atoms with Crippen LogP contribution in [-0.4, -0.2) is 82.7 Å². The molecule has 4 rings (SSSR count). The van der Waals surface area contributed by atoms with Gasteiger partial charge in [0.1, 0.15) is 5.75 Å². The van der Waals surface area contributed by atoms with Gasteiger partial charge in [0, 0.05) is 37.5 Å². The molecule has 1 aliphatic heterocycles. The van der Waals surface area contributed by atoms with Gasteiger partial charge in [-0.2, -0.15) is 0 Å². The van der Waals surface area contributed by atoms with Crippen molar-refractivity contribution in [1.29, 1.82) is 0 Å². The molecule has 1 saturated heterocycles. The zero-order valence-electron chi connectivity index (χ0n) is 20.2. The molecule has 0 saturated carbocycles. The highest BCUT2D eigenvalue weighted by Gasteiger charge is 2.24. The topological polar surface area (TPSA) is 89.0 Å². The molecule has 3 aromatic rings. The van der Waals surface area contributed by atoms with Crippen molar-refractivity contribution in [2.45, 2.75) is 16.2 Å². The molecule has 2 aromatic carbocycles. The molecule has 0 N–H and O–H groups in total. The third-order valence-corrected chi connectivity index (χ3v) is 9.36. The molecular formula is C24H30ClN3O5S3. The lowest BCUT2D eigenvalue weighted by molar-refractivity contribution is -0.118. The number of amides is 1. The highest BCUT2D eigenvalue weighted by Crippen LogP contribution is 2.32. The Labute approximate surface area is 226 Å². The second kappa shape index (κ2) is 13.1. The van der Waals surface area contributed by atoms with Crippen molar-refractivity contribution in [2.75, 3.05) is 63.4 Å². The van der Waals surface area contributed by atoms with Gasteiger partial charge >= 0.3 is 0 Å². The number of ether oxygens (including phenoxy) is 2. The van der Waals surface area contributed by atoms with Crippen LogP contribution in [0.4, 0.5) is 5.13 Å². The Morgan fingerprint density at radius 3 is 2.58 bits per heavy atom. The summed E-state index contributed by atoms with van der Waals surface area (Å²) in [4.78, 5) is 23.3. The van der Waals surface area contributed by atoms with E-state index in [2.05, 4.69) is 11.0 Å². The van der Waals surface area contributed by atoms with E-state index >= 15 is 0 Å². The number of sulfone groups is 1. The van der Waals surface area contributed by atoms with E-state index in [0.29, 0.717) is 37.2 Å². The predicted molar refractivity (Wildman–Crippen MR) is 148 cm³/mol. The minimum Gasteiger partial charge on any atom is -0.497 e. The lowest BCUT2D eigenvalue weighted by Gasteiger charge is -2.29. The quantitative estimate of drug-likeness (QED) is 0.338. The first-order valence-electron chi connectivity index (χ1n) is 11.3. The normalized spacial score (nSPS) is 14.4. The largest absolute Gasteiger partial charge is 0.497 e. The number of rotatable bonds is 10. The van der Waals surface area contributed by atoms with Crippen molar-refractivity contribution in [3.8, 4) is 5.75 Å². The average molecular weight is 572 g/mol. The number of benzene rings is 2. The van der Waals surface area contributed by atoms with Crippen LogP contribution in [0.2, 0.25) is 0 Å². The van der Waals surface area contributed by atoms with Gasteiger partial charge in [-0.25, -0.2) is 13.4 Å². The second-order valence-corrected chi connectivity index (χ2v) is 12.1. The van der Waals surface area contributed by atoms with E-state index in [1.54, 1.807) is 28.8 Å². The number of hydrogen-bond donors (Lipinski definition) is 0. The number of halogens is 1. The van der Waals surface area contributed by atoms with Gasteiger partial charge in [0.2, 0.25) is 5.91 Å². The maximum absolute atomic E-state index is 13.4. The van der Waals surface area contributed by atoms with E-state index in [9.17, 15) is 13.2 Å². The molecule has 36 heavy (non-hydrogen) atoms. The van der Waals surface area contributed by atoms with Crippen molar-refractivity contribution in [2.24, 2.45) is 0 Å². The van der Waals surface area contributed by atoms with Crippen molar-refractivity contribution in [3.05, 3.63) is 42.5 Å². The summed E-state index contributed by atoms with van der Waals surface area (Å²) in [6.07, 6.45) is 1.90. The molecule has 8 nitrogen and oxygen atoms in total. The molecule has 12 heteroatoms. The number of morpholine rings is 1. The molecule has 0 atom stereocenters. The Morgan fingerprint density at radius 2 is 1.92 bits per heavy atom. The fraction of sp³-hybridized carbons (Fsp3) is 0.417. The zero-order chi connectivity index (χ0) is 24.8. The van der Waals surface area contributed by atoms with Crippen LogP contribution in [0.3, 0.4) is 0 Å². The fourth-order valence-corrected chi connectivity index (χ4v) is 6.58. The first-order chi connectivity index (χ1) is 16.9. The Morgan fingerprint density at radius 1 is 1.19 bits per heavy atom. The lowest BCUT2D eigenvalue weighted by Crippen LogP contribution is -2.43. The maximum Gasteiger partial charge on any atom is 0.229 e. The van der Waals surface area contributed by atoms with E-state index in [-0.39, 0.29) is 35.4 Å². The van der Waals surface area contributed by atoms with E-state index in [1.807, 2.05) is 18.4 Å². The van der Waals surface area contributed by atoms with Crippen molar-refractivity contribution in [1.82, 2.24) is 9.88 Å². The number of thioether (sulfide) groups is 1. The minimum absolute atomic E-state index is 0. The SMILES string of the molecule is COc1ccc(S(=O)(=O)CCC(=O)N(CCN2CCOCC2)c2nc3ccc(SC)cc3s2)cc1.Cl. The van der Waals surface area contributed by atoms with Gasteiger partial charge in [-0.15, -0.1) is 24.2 Å². The summed E-state index contributed by atoms with van der Waals surface area (Å²) in [5.41, 5.74) is 0.831. The molecule has 0 radical (unpaired) electrons. The van der Waals surface area contributed by atoms with Crippen LogP contribution in [0, 0.1) is 0 Å². The van der Waals surface area contributed by atoms with Gasteiger partial charge in [-0.05, 0) is 48.7 Å². The zero-order valence-corrected chi connectivity index (χ0v) is 23.5. The first-order valence-corrected chi connectivity index (χ1v) is 15.0. The number of carbonyl (C=O) groups is 1. The predicted octanol–water partition coefficient (Wildman–Crippen LogP) is 3.98. The van der Waals surface area contributed by atoms with Crippen LogP contribution < -0.4 is 9.64 Å². The standard InChI is InChI=1S/C24H29N3O5S3.ClH/c1-31-18-3-6-20(7-4-18)35(29,30)16-9-23(28)27(11-10-26-12-14-32-15-13-26)24-25-21-8-5-19(33-2)17-22(21)34-24;/h3-8,17H,9-16H2,1-2H3;1H. The number of fused-ring (bicyclic) bond motifs is 1. The number of hydrogen-bond acceptors (Lipinski definition) is 9. The summed E-state index contributed by atoms with van der Waals surface area (Å²) in [6.45, 7) is 4.08. The molecule has 2 heterocycles. The maximum atomic E-state index is 13.4. The van der Waals surface area contributed by atoms with Crippen LogP contribution in [0.5, 0.6) is 5.75 Å². The summed E-state index contributed by atoms with van der Waals surface area (Å²) in [7, 11) is -2.09. The third-order valence-electron chi connectivity index (χ3n) is 5.86. The number of nitrogens with zero attached hydrogens (tertiary/aromatic N) is 3. The van der Waals surface area contributed by atoms with Gasteiger partial charge in [0.25, 0.3) is 0 Å². The van der Waals surface area contributed by atoms with E-state index in [0.717, 1.165) is 28.2 Å². The first kappa shape index (κ1) is 28.7. The summed E-state index contributed by atoms with van der Waals surface area (Å²) in [5, 5.41) is 0.596. The summed E-state index contributed by atoms with van der Waals surface area (Å²) < 4.78 is 37.3. The molecule has 0 aliphatic carbocycles. The van der Waals surface area contributed by atoms with Gasteiger partial charge < -0.3 is 9.47 Å². The highest BCUT2D eigenvalue weighted by molar-refractivity contribution is 7.98. The van der Waals surface area contributed by atoms with Crippen LogP contribution in [0.15, 0.2) is 52.3 Å². The molecule has 1 fully saturated rings. The van der Waals surface area contributed by atoms with E-state index < -0.39 is 9.84 Å². The molecule has 196 valence electrons. The third kappa shape index (κ3) is 7.11. The number of anilines is 1. The molecule has 0 spiro atoms. The molecule has 1 amide bonds. The number of aromatic nitrogens is 1. The fourth-order valence-electron chi connectivity index (χ4n) is 3.79. The number of methoxy groups -OCH3 is 1. The van der Waals surface area contributed by atoms with E-state index in [4.69, 9.17) is 14.5 Å². The van der Waals surface area contributed by atoms with Gasteiger partial charge in [0.15, 0.2) is 15.0 Å². The summed E-state index contributed by atoms with van der Waals surface area (Å²) >= 11 is 3.11. The number of thiazole rings is 1. The molecule has 1 aromatic heterocycles. The number of carbonyl (C=O) groups excluding carboxylic acids is 1. The Hall–Kier alpha value is -1.89. The average Bonchev–Trinajstić information content (AvgIpc) is 3.31. The molecule has 0 bridgehead atoms. The summed E-state index contributed by atoms with van der Waals surface area (Å²) in [5.74, 6) is 0.0579. The van der Waals surface area contributed by atoms with Gasteiger partial charge in [-0.1, -0.05) is 11.3 Å². The van der Waals surface area contributed by atoms with Gasteiger partial charge in [0.05, 0.1) is 41.2 Å². The highest BCUT2D eigenvalue weighted by atomic mass is 35.5. The van der Waals surface area contributed by atoms with Crippen molar-refractivity contribution >= 4 is 66.6 Å². The Balaban J connectivity index is 0.00000361. The lowest BCUT2D eigenvalue weighted by atomic mass is 10.3. The Bertz CT molecular complexity index is 1260. The molecule has 0 unspecified atom stereocenters. The van der Waals surface area contributed by atoms with Crippen LogP contribution in [0.1, 0.15) is 6.42 Å². The Kier molecular flexibility index (Phi) is 10.4. The van der Waals surface area contributed by atoms with Crippen LogP contribution in [0.25, 0.3) is 10.2 Å². The van der Waals surface area contributed by atoms with Crippen LogP contribution >= 0.6 is 35.5 Å². The van der Waals surface area contributed by atoms with Gasteiger partial charge in [-0.3, -0.25) is 14.6 Å². The molecular weight excluding hydrogens is 542 g/mol. The molecule has 1 aliphatic rings. The van der Waals surface area contributed by atoms with Crippen molar-refractivity contribution < 1.29 is 22.7 Å². The second-order valence-electron chi connectivity index (χ2n) is 8.07. The minimum atomic E-state index is -3.61. The summed E-state index contributed by atoms with van der Waals surface area (Å²) in [6, 6.07) is 12.3. The van der Waals surface area contributed by atoms with E-state index in [1.165, 1.54) is 30.6 Å². The van der Waals surface area contributed by atoms with Crippen molar-refractivity contribution in [3.63, 3.8) is 0 Å².